The minimum absolute atomic E-state index is 0.0278. The van der Waals surface area contributed by atoms with Gasteiger partial charge in [0.25, 0.3) is 0 Å². The Morgan fingerprint density at radius 2 is 1.66 bits per heavy atom. The number of carbonyl (C=O) groups is 3. The number of Topliss-reactive ketones (excluding diaryl/α,β-unsaturated/α-hetero) is 1. The van der Waals surface area contributed by atoms with E-state index in [0.717, 1.165) is 24.6 Å². The van der Waals surface area contributed by atoms with E-state index in [4.69, 9.17) is 0 Å². The Morgan fingerprint density at radius 3 is 2.28 bits per heavy atom. The van der Waals surface area contributed by atoms with Crippen LogP contribution in [0.5, 0.6) is 0 Å². The number of nitrogens with zero attached hydrogens (tertiary/aromatic N) is 2. The molecule has 1 atom stereocenters. The number of carbonyl (C=O) groups excluding carboxylic acids is 3. The second kappa shape index (κ2) is 8.20. The lowest BCUT2D eigenvalue weighted by molar-refractivity contribution is -0.148. The summed E-state index contributed by atoms with van der Waals surface area (Å²) in [4.78, 5) is 41.7. The van der Waals surface area contributed by atoms with E-state index in [2.05, 4.69) is 0 Å². The van der Waals surface area contributed by atoms with E-state index < -0.39 is 34.8 Å². The summed E-state index contributed by atoms with van der Waals surface area (Å²) in [5.74, 6) is -2.34. The summed E-state index contributed by atoms with van der Waals surface area (Å²) in [7, 11) is 0. The molecule has 0 aromatic heterocycles. The van der Waals surface area contributed by atoms with Gasteiger partial charge in [-0.25, -0.2) is 8.78 Å². The highest BCUT2D eigenvalue weighted by Crippen LogP contribution is 2.29. The second-order valence-electron chi connectivity index (χ2n) is 8.99. The predicted octanol–water partition coefficient (Wildman–Crippen LogP) is 3.42. The van der Waals surface area contributed by atoms with Crippen LogP contribution < -0.4 is 0 Å². The Kier molecular flexibility index (Phi) is 6.05. The maximum Gasteiger partial charge on any atom is 0.245 e. The molecule has 2 amide bonds. The van der Waals surface area contributed by atoms with Gasteiger partial charge >= 0.3 is 0 Å². The van der Waals surface area contributed by atoms with Gasteiger partial charge in [-0.2, -0.15) is 0 Å². The van der Waals surface area contributed by atoms with Crippen LogP contribution in [0.2, 0.25) is 0 Å². The maximum absolute atomic E-state index is 13.9. The van der Waals surface area contributed by atoms with Gasteiger partial charge in [-0.1, -0.05) is 20.8 Å². The van der Waals surface area contributed by atoms with Gasteiger partial charge in [-0.05, 0) is 43.9 Å². The molecule has 0 saturated carbocycles. The van der Waals surface area contributed by atoms with Crippen molar-refractivity contribution < 1.29 is 23.2 Å². The maximum atomic E-state index is 13.9. The first-order valence-electron chi connectivity index (χ1n) is 10.2. The molecular weight excluding hydrogens is 378 g/mol. The molecule has 3 rings (SSSR count). The number of rotatable bonds is 3. The van der Waals surface area contributed by atoms with Crippen molar-refractivity contribution in [2.75, 3.05) is 19.6 Å². The molecule has 7 heteroatoms. The van der Waals surface area contributed by atoms with Crippen LogP contribution >= 0.6 is 0 Å². The standard InChI is InChI=1S/C22H28F2N2O3/c1-22(2,3)21(29)26-10-4-5-18(26)20(28)25-11-8-14(9-12-25)19(27)16-13-15(23)6-7-17(16)24/h6-7,13-14,18H,4-5,8-12H2,1-3H3. The van der Waals surface area contributed by atoms with Gasteiger partial charge in [0.2, 0.25) is 11.8 Å². The minimum atomic E-state index is -0.725. The molecule has 2 heterocycles. The van der Waals surface area contributed by atoms with E-state index in [-0.39, 0.29) is 17.4 Å². The quantitative estimate of drug-likeness (QED) is 0.723. The molecule has 2 aliphatic rings. The smallest absolute Gasteiger partial charge is 0.245 e. The lowest BCUT2D eigenvalue weighted by Gasteiger charge is -2.36. The van der Waals surface area contributed by atoms with E-state index in [9.17, 15) is 23.2 Å². The third kappa shape index (κ3) is 4.49. The number of halogens is 2. The first kappa shape index (κ1) is 21.4. The molecule has 0 radical (unpaired) electrons. The Balaban J connectivity index is 1.63. The van der Waals surface area contributed by atoms with Gasteiger partial charge in [-0.3, -0.25) is 14.4 Å². The normalized spacial score (nSPS) is 20.8. The van der Waals surface area contributed by atoms with Gasteiger partial charge in [0.05, 0.1) is 5.56 Å². The monoisotopic (exact) mass is 406 g/mol. The van der Waals surface area contributed by atoms with Crippen molar-refractivity contribution in [1.82, 2.24) is 9.80 Å². The Hall–Kier alpha value is -2.31. The first-order chi connectivity index (χ1) is 13.6. The van der Waals surface area contributed by atoms with E-state index in [0.29, 0.717) is 38.9 Å². The summed E-state index contributed by atoms with van der Waals surface area (Å²) in [6.07, 6.45) is 2.25. The molecule has 1 aromatic rings. The number of amides is 2. The summed E-state index contributed by atoms with van der Waals surface area (Å²) in [5, 5.41) is 0. The van der Waals surface area contributed by atoms with Crippen LogP contribution in [0.3, 0.4) is 0 Å². The van der Waals surface area contributed by atoms with Crippen molar-refractivity contribution in [2.45, 2.75) is 52.5 Å². The molecule has 2 fully saturated rings. The van der Waals surface area contributed by atoms with Crippen molar-refractivity contribution in [3.63, 3.8) is 0 Å². The molecule has 1 unspecified atom stereocenters. The van der Waals surface area contributed by atoms with Gasteiger partial charge in [0.15, 0.2) is 5.78 Å². The number of benzene rings is 1. The average molecular weight is 406 g/mol. The second-order valence-corrected chi connectivity index (χ2v) is 8.99. The molecule has 158 valence electrons. The highest BCUT2D eigenvalue weighted by Gasteiger charge is 2.41. The van der Waals surface area contributed by atoms with E-state index >= 15 is 0 Å². The topological polar surface area (TPSA) is 57.7 Å². The van der Waals surface area contributed by atoms with Gasteiger partial charge in [-0.15, -0.1) is 0 Å². The van der Waals surface area contributed by atoms with Crippen molar-refractivity contribution >= 4 is 17.6 Å². The number of ketones is 1. The molecule has 0 spiro atoms. The zero-order chi connectivity index (χ0) is 21.3. The van der Waals surface area contributed by atoms with E-state index in [1.807, 2.05) is 20.8 Å². The van der Waals surface area contributed by atoms with Crippen molar-refractivity contribution in [2.24, 2.45) is 11.3 Å². The summed E-state index contributed by atoms with van der Waals surface area (Å²) >= 11 is 0. The van der Waals surface area contributed by atoms with Crippen LogP contribution in [0.15, 0.2) is 18.2 Å². The van der Waals surface area contributed by atoms with Gasteiger partial charge < -0.3 is 9.80 Å². The molecule has 2 aliphatic heterocycles. The number of hydrogen-bond donors (Lipinski definition) is 0. The molecule has 5 nitrogen and oxygen atoms in total. The minimum Gasteiger partial charge on any atom is -0.341 e. The fourth-order valence-electron chi connectivity index (χ4n) is 4.18. The van der Waals surface area contributed by atoms with Crippen LogP contribution in [-0.4, -0.2) is 53.1 Å². The SMILES string of the molecule is CC(C)(C)C(=O)N1CCCC1C(=O)N1CCC(C(=O)c2cc(F)ccc2F)CC1. The third-order valence-corrected chi connectivity index (χ3v) is 5.81. The fraction of sp³-hybridized carbons (Fsp3) is 0.591. The number of piperidine rings is 1. The van der Waals surface area contributed by atoms with E-state index in [1.54, 1.807) is 9.80 Å². The zero-order valence-corrected chi connectivity index (χ0v) is 17.2. The molecule has 29 heavy (non-hydrogen) atoms. The zero-order valence-electron chi connectivity index (χ0n) is 17.2. The lowest BCUT2D eigenvalue weighted by atomic mass is 9.88. The average Bonchev–Trinajstić information content (AvgIpc) is 3.17. The van der Waals surface area contributed by atoms with Gasteiger partial charge in [0.1, 0.15) is 17.7 Å². The van der Waals surface area contributed by atoms with Crippen LogP contribution in [0.1, 0.15) is 56.8 Å². The summed E-state index contributed by atoms with van der Waals surface area (Å²) < 4.78 is 27.3. The first-order valence-corrected chi connectivity index (χ1v) is 10.2. The molecule has 0 aliphatic carbocycles. The van der Waals surface area contributed by atoms with E-state index in [1.165, 1.54) is 0 Å². The molecule has 0 N–H and O–H groups in total. The van der Waals surface area contributed by atoms with Crippen LogP contribution in [0.25, 0.3) is 0 Å². The Labute approximate surface area is 170 Å². The predicted molar refractivity (Wildman–Crippen MR) is 104 cm³/mol. The highest BCUT2D eigenvalue weighted by atomic mass is 19.1. The Morgan fingerprint density at radius 1 is 1.00 bits per heavy atom. The number of hydrogen-bond acceptors (Lipinski definition) is 3. The largest absolute Gasteiger partial charge is 0.341 e. The highest BCUT2D eigenvalue weighted by molar-refractivity contribution is 5.98. The van der Waals surface area contributed by atoms with Crippen molar-refractivity contribution in [3.05, 3.63) is 35.4 Å². The lowest BCUT2D eigenvalue weighted by Crippen LogP contribution is -2.52. The molecular formula is C22H28F2N2O3. The van der Waals surface area contributed by atoms with Crippen molar-refractivity contribution in [1.29, 1.82) is 0 Å². The van der Waals surface area contributed by atoms with Crippen molar-refractivity contribution in [3.8, 4) is 0 Å². The third-order valence-electron chi connectivity index (χ3n) is 5.81. The van der Waals surface area contributed by atoms with Gasteiger partial charge in [0, 0.05) is 31.0 Å². The summed E-state index contributed by atoms with van der Waals surface area (Å²) in [6.45, 7) is 6.87. The van der Waals surface area contributed by atoms with Crippen LogP contribution in [0.4, 0.5) is 8.78 Å². The summed E-state index contributed by atoms with van der Waals surface area (Å²) in [5.41, 5.74) is -0.773. The Bertz CT molecular complexity index is 811. The van der Waals surface area contributed by atoms with Crippen LogP contribution in [-0.2, 0) is 9.59 Å². The van der Waals surface area contributed by atoms with Crippen LogP contribution in [0, 0.1) is 23.0 Å². The molecule has 0 bridgehead atoms. The number of likely N-dealkylation sites (tertiary alicyclic amines) is 2. The summed E-state index contributed by atoms with van der Waals surface area (Å²) in [6, 6.07) is 2.43. The molecule has 2 saturated heterocycles. The molecule has 1 aromatic carbocycles. The fourth-order valence-corrected chi connectivity index (χ4v) is 4.18.